The second-order valence-corrected chi connectivity index (χ2v) is 8.68. The van der Waals surface area contributed by atoms with Gasteiger partial charge in [-0.1, -0.05) is 0 Å². The maximum Gasteiger partial charge on any atom is 0.237 e. The Balaban J connectivity index is 1.27. The molecule has 0 atom stereocenters. The lowest BCUT2D eigenvalue weighted by Crippen LogP contribution is -2.28. The molecule has 0 aromatic carbocycles. The number of nitriles is 1. The number of anilines is 1. The largest absolute Gasteiger partial charge is 0.477 e. The molecule has 0 unspecified atom stereocenters. The first kappa shape index (κ1) is 18.5. The minimum atomic E-state index is 0.178. The molecular weight excluding hydrogens is 338 g/mol. The number of nitrogens with zero attached hydrogens (tertiary/aromatic N) is 3. The first-order valence-electron chi connectivity index (χ1n) is 10.6. The molecular formula is C21H31N5O. The highest BCUT2D eigenvalue weighted by Crippen LogP contribution is 2.57. The lowest BCUT2D eigenvalue weighted by molar-refractivity contribution is 0.245. The van der Waals surface area contributed by atoms with Crippen LogP contribution in [-0.2, 0) is 0 Å². The second kappa shape index (κ2) is 8.43. The Labute approximate surface area is 162 Å². The van der Waals surface area contributed by atoms with E-state index in [0.717, 1.165) is 37.4 Å². The molecule has 1 spiro atoms. The van der Waals surface area contributed by atoms with Gasteiger partial charge in [0.2, 0.25) is 11.7 Å². The molecule has 1 aromatic heterocycles. The molecule has 6 nitrogen and oxygen atoms in total. The van der Waals surface area contributed by atoms with Crippen LogP contribution in [0.3, 0.4) is 0 Å². The molecule has 4 rings (SSSR count). The third-order valence-electron chi connectivity index (χ3n) is 6.73. The normalized spacial score (nSPS) is 22.3. The smallest absolute Gasteiger partial charge is 0.237 e. The molecule has 1 aliphatic heterocycles. The van der Waals surface area contributed by atoms with E-state index in [4.69, 9.17) is 4.74 Å². The fraction of sp³-hybridized carbons (Fsp3) is 0.762. The van der Waals surface area contributed by atoms with Gasteiger partial charge < -0.3 is 15.4 Å². The van der Waals surface area contributed by atoms with Crippen molar-refractivity contribution in [1.82, 2.24) is 15.3 Å². The monoisotopic (exact) mass is 369 g/mol. The van der Waals surface area contributed by atoms with Gasteiger partial charge in [-0.15, -0.1) is 0 Å². The van der Waals surface area contributed by atoms with Crippen LogP contribution in [-0.4, -0.2) is 36.2 Å². The number of nitrogens with one attached hydrogen (secondary N) is 2. The van der Waals surface area contributed by atoms with Gasteiger partial charge in [0.15, 0.2) is 0 Å². The van der Waals surface area contributed by atoms with Crippen LogP contribution in [0.1, 0.15) is 63.6 Å². The van der Waals surface area contributed by atoms with Gasteiger partial charge in [0.1, 0.15) is 11.9 Å². The molecule has 1 saturated heterocycles. The molecule has 6 heteroatoms. The van der Waals surface area contributed by atoms with Gasteiger partial charge in [0, 0.05) is 12.6 Å². The third-order valence-corrected chi connectivity index (χ3v) is 6.73. The highest BCUT2D eigenvalue weighted by Gasteiger charge is 2.44. The van der Waals surface area contributed by atoms with Crippen LogP contribution in [0, 0.1) is 28.6 Å². The minimum Gasteiger partial charge on any atom is -0.477 e. The maximum atomic E-state index is 9.23. The summed E-state index contributed by atoms with van der Waals surface area (Å²) in [5.74, 6) is 2.84. The minimum absolute atomic E-state index is 0.178. The van der Waals surface area contributed by atoms with Crippen molar-refractivity contribution in [2.45, 2.75) is 57.8 Å². The molecule has 0 bridgehead atoms. The number of aromatic nitrogens is 2. The molecule has 2 heterocycles. The Kier molecular flexibility index (Phi) is 5.77. The average Bonchev–Trinajstić information content (AvgIpc) is 3.47. The van der Waals surface area contributed by atoms with Crippen molar-refractivity contribution in [3.05, 3.63) is 11.9 Å². The average molecular weight is 370 g/mol. The van der Waals surface area contributed by atoms with Crippen LogP contribution in [0.4, 0.5) is 5.82 Å². The van der Waals surface area contributed by atoms with E-state index in [1.165, 1.54) is 51.4 Å². The predicted molar refractivity (Wildman–Crippen MR) is 105 cm³/mol. The van der Waals surface area contributed by atoms with Crippen molar-refractivity contribution >= 4 is 5.82 Å². The molecule has 27 heavy (non-hydrogen) atoms. The van der Waals surface area contributed by atoms with Crippen molar-refractivity contribution in [1.29, 1.82) is 5.26 Å². The van der Waals surface area contributed by atoms with Crippen LogP contribution in [0.25, 0.3) is 0 Å². The highest BCUT2D eigenvalue weighted by atomic mass is 16.5. The fourth-order valence-corrected chi connectivity index (χ4v) is 4.56. The summed E-state index contributed by atoms with van der Waals surface area (Å²) in [7, 11) is 0. The third kappa shape index (κ3) is 5.10. The van der Waals surface area contributed by atoms with Gasteiger partial charge in [-0.05, 0) is 88.1 Å². The van der Waals surface area contributed by atoms with E-state index in [2.05, 4.69) is 26.7 Å². The van der Waals surface area contributed by atoms with Crippen LogP contribution in [0.15, 0.2) is 6.07 Å². The van der Waals surface area contributed by atoms with E-state index < -0.39 is 0 Å². The zero-order valence-corrected chi connectivity index (χ0v) is 16.2. The SMILES string of the molecule is N#Cc1nc(NCC2CCC3(CC2)CC3)cc(OCCC2CCNCC2)n1. The molecule has 0 radical (unpaired) electrons. The summed E-state index contributed by atoms with van der Waals surface area (Å²) in [5.41, 5.74) is 0.731. The van der Waals surface area contributed by atoms with E-state index >= 15 is 0 Å². The Morgan fingerprint density at radius 2 is 1.89 bits per heavy atom. The molecule has 2 aliphatic carbocycles. The lowest BCUT2D eigenvalue weighted by atomic mass is 9.80. The molecule has 1 aromatic rings. The van der Waals surface area contributed by atoms with Crippen LogP contribution >= 0.6 is 0 Å². The summed E-state index contributed by atoms with van der Waals surface area (Å²) in [6.07, 6.45) is 11.8. The summed E-state index contributed by atoms with van der Waals surface area (Å²) in [6.45, 7) is 3.78. The van der Waals surface area contributed by atoms with Crippen molar-refractivity contribution in [3.63, 3.8) is 0 Å². The van der Waals surface area contributed by atoms with Gasteiger partial charge in [-0.25, -0.2) is 4.98 Å². The van der Waals surface area contributed by atoms with E-state index in [-0.39, 0.29) is 5.82 Å². The summed E-state index contributed by atoms with van der Waals surface area (Å²) >= 11 is 0. The standard InChI is InChI=1S/C21H31N5O/c22-14-19-25-18(24-15-17-1-6-21(7-2-17)8-9-21)13-20(26-19)27-12-5-16-3-10-23-11-4-16/h13,16-17,23H,1-12,15H2,(H,24,25,26). The predicted octanol–water partition coefficient (Wildman–Crippen LogP) is 3.50. The zero-order chi connectivity index (χ0) is 18.5. The summed E-state index contributed by atoms with van der Waals surface area (Å²) in [6, 6.07) is 3.90. The first-order chi connectivity index (χ1) is 13.2. The maximum absolute atomic E-state index is 9.23. The zero-order valence-electron chi connectivity index (χ0n) is 16.2. The highest BCUT2D eigenvalue weighted by molar-refractivity contribution is 5.40. The molecule has 0 amide bonds. The summed E-state index contributed by atoms with van der Waals surface area (Å²) < 4.78 is 5.86. The lowest BCUT2D eigenvalue weighted by Gasteiger charge is -2.28. The second-order valence-electron chi connectivity index (χ2n) is 8.68. The fourth-order valence-electron chi connectivity index (χ4n) is 4.56. The van der Waals surface area contributed by atoms with E-state index in [0.29, 0.717) is 24.2 Å². The number of rotatable bonds is 7. The van der Waals surface area contributed by atoms with E-state index in [9.17, 15) is 5.26 Å². The number of piperidine rings is 1. The van der Waals surface area contributed by atoms with E-state index in [1.807, 2.05) is 6.07 Å². The van der Waals surface area contributed by atoms with Gasteiger partial charge in [0.05, 0.1) is 6.61 Å². The molecule has 2 saturated carbocycles. The van der Waals surface area contributed by atoms with Crippen LogP contribution < -0.4 is 15.4 Å². The Morgan fingerprint density at radius 1 is 1.11 bits per heavy atom. The Morgan fingerprint density at radius 3 is 2.59 bits per heavy atom. The van der Waals surface area contributed by atoms with Gasteiger partial charge in [-0.3, -0.25) is 0 Å². The van der Waals surface area contributed by atoms with Crippen molar-refractivity contribution < 1.29 is 4.74 Å². The summed E-state index contributed by atoms with van der Waals surface area (Å²) in [5, 5.41) is 16.0. The summed E-state index contributed by atoms with van der Waals surface area (Å²) in [4.78, 5) is 8.51. The van der Waals surface area contributed by atoms with Crippen molar-refractivity contribution in [2.24, 2.45) is 17.3 Å². The number of hydrogen-bond donors (Lipinski definition) is 2. The van der Waals surface area contributed by atoms with Crippen LogP contribution in [0.5, 0.6) is 5.88 Å². The first-order valence-corrected chi connectivity index (χ1v) is 10.6. The van der Waals surface area contributed by atoms with E-state index in [1.54, 1.807) is 0 Å². The molecule has 146 valence electrons. The molecule has 3 aliphatic rings. The Hall–Kier alpha value is -1.87. The van der Waals surface area contributed by atoms with Crippen molar-refractivity contribution in [3.8, 4) is 11.9 Å². The molecule has 3 fully saturated rings. The van der Waals surface area contributed by atoms with Gasteiger partial charge in [-0.2, -0.15) is 10.2 Å². The van der Waals surface area contributed by atoms with Gasteiger partial charge >= 0.3 is 0 Å². The number of ether oxygens (including phenoxy) is 1. The van der Waals surface area contributed by atoms with Gasteiger partial charge in [0.25, 0.3) is 0 Å². The molecule has 2 N–H and O–H groups in total. The van der Waals surface area contributed by atoms with Crippen LogP contribution in [0.2, 0.25) is 0 Å². The topological polar surface area (TPSA) is 82.9 Å². The Bertz CT molecular complexity index is 666. The quantitative estimate of drug-likeness (QED) is 0.765. The number of hydrogen-bond acceptors (Lipinski definition) is 6. The van der Waals surface area contributed by atoms with Crippen molar-refractivity contribution in [2.75, 3.05) is 31.6 Å².